The van der Waals surface area contributed by atoms with Gasteiger partial charge in [-0.2, -0.15) is 0 Å². The van der Waals surface area contributed by atoms with Crippen molar-refractivity contribution in [1.82, 2.24) is 0 Å². The van der Waals surface area contributed by atoms with Crippen LogP contribution in [0.25, 0.3) is 5.76 Å². The van der Waals surface area contributed by atoms with Gasteiger partial charge in [0.05, 0.1) is 0 Å². The van der Waals surface area contributed by atoms with Crippen LogP contribution in [0.2, 0.25) is 19.6 Å². The van der Waals surface area contributed by atoms with E-state index in [1.807, 2.05) is 6.08 Å². The standard InChI is InChI=1S/C15H20OSi/c1-5-7-12-8-6-9-14-13(12)10-11-15(14)16-17(2,3)4/h5-6,8-9,11H,1,7,10H2,2-4H3. The molecule has 0 N–H and O–H groups in total. The van der Waals surface area contributed by atoms with Crippen molar-refractivity contribution in [3.8, 4) is 0 Å². The van der Waals surface area contributed by atoms with Crippen LogP contribution in [0.1, 0.15) is 16.7 Å². The van der Waals surface area contributed by atoms with Gasteiger partial charge in [0.25, 0.3) is 0 Å². The highest BCUT2D eigenvalue weighted by atomic mass is 28.4. The first-order valence-corrected chi connectivity index (χ1v) is 9.53. The smallest absolute Gasteiger partial charge is 0.242 e. The highest BCUT2D eigenvalue weighted by Crippen LogP contribution is 2.32. The molecule has 1 aliphatic carbocycles. The van der Waals surface area contributed by atoms with Gasteiger partial charge < -0.3 is 4.43 Å². The molecule has 1 aromatic carbocycles. The number of hydrogen-bond acceptors (Lipinski definition) is 1. The van der Waals surface area contributed by atoms with Crippen LogP contribution in [0, 0.1) is 0 Å². The van der Waals surface area contributed by atoms with Gasteiger partial charge in [-0.05, 0) is 49.7 Å². The average molecular weight is 244 g/mol. The van der Waals surface area contributed by atoms with Crippen LogP contribution in [0.3, 0.4) is 0 Å². The Morgan fingerprint density at radius 2 is 2.12 bits per heavy atom. The molecule has 90 valence electrons. The molecule has 0 bridgehead atoms. The second kappa shape index (κ2) is 4.53. The van der Waals surface area contributed by atoms with E-state index in [1.54, 1.807) is 0 Å². The number of fused-ring (bicyclic) bond motifs is 1. The van der Waals surface area contributed by atoms with Crippen LogP contribution in [-0.2, 0) is 17.3 Å². The molecular weight excluding hydrogens is 224 g/mol. The Morgan fingerprint density at radius 1 is 1.35 bits per heavy atom. The maximum Gasteiger partial charge on any atom is 0.242 e. The van der Waals surface area contributed by atoms with E-state index in [0.717, 1.165) is 18.6 Å². The lowest BCUT2D eigenvalue weighted by atomic mass is 10.0. The molecule has 0 aromatic heterocycles. The van der Waals surface area contributed by atoms with Gasteiger partial charge in [-0.25, -0.2) is 0 Å². The molecule has 0 heterocycles. The van der Waals surface area contributed by atoms with Crippen molar-refractivity contribution in [3.05, 3.63) is 53.6 Å². The van der Waals surface area contributed by atoms with Crippen LogP contribution in [0.15, 0.2) is 36.9 Å². The van der Waals surface area contributed by atoms with Gasteiger partial charge in [0.15, 0.2) is 0 Å². The second-order valence-corrected chi connectivity index (χ2v) is 9.85. The average Bonchev–Trinajstić information content (AvgIpc) is 2.61. The van der Waals surface area contributed by atoms with Crippen molar-refractivity contribution < 1.29 is 4.43 Å². The largest absolute Gasteiger partial charge is 0.544 e. The molecule has 0 atom stereocenters. The number of hydrogen-bond donors (Lipinski definition) is 0. The second-order valence-electron chi connectivity index (χ2n) is 5.42. The van der Waals surface area contributed by atoms with E-state index >= 15 is 0 Å². The van der Waals surface area contributed by atoms with E-state index in [2.05, 4.69) is 50.5 Å². The molecule has 2 heteroatoms. The summed E-state index contributed by atoms with van der Waals surface area (Å²) in [4.78, 5) is 0. The number of rotatable bonds is 4. The summed E-state index contributed by atoms with van der Waals surface area (Å²) >= 11 is 0. The van der Waals surface area contributed by atoms with E-state index in [0.29, 0.717) is 0 Å². The predicted molar refractivity (Wildman–Crippen MR) is 76.5 cm³/mol. The third-order valence-corrected chi connectivity index (χ3v) is 3.64. The number of benzene rings is 1. The summed E-state index contributed by atoms with van der Waals surface area (Å²) < 4.78 is 6.13. The van der Waals surface area contributed by atoms with Crippen LogP contribution < -0.4 is 0 Å². The normalized spacial score (nSPS) is 14.2. The van der Waals surface area contributed by atoms with Gasteiger partial charge in [-0.3, -0.25) is 0 Å². The van der Waals surface area contributed by atoms with Crippen LogP contribution in [0.4, 0.5) is 0 Å². The number of allylic oxidation sites excluding steroid dienone is 2. The highest BCUT2D eigenvalue weighted by Gasteiger charge is 2.23. The molecule has 0 unspecified atom stereocenters. The maximum absolute atomic E-state index is 6.13. The Balaban J connectivity index is 2.30. The van der Waals surface area contributed by atoms with Gasteiger partial charge in [-0.1, -0.05) is 24.3 Å². The zero-order chi connectivity index (χ0) is 12.5. The van der Waals surface area contributed by atoms with E-state index in [1.165, 1.54) is 16.7 Å². The zero-order valence-corrected chi connectivity index (χ0v) is 11.9. The topological polar surface area (TPSA) is 9.23 Å². The fourth-order valence-corrected chi connectivity index (χ4v) is 3.04. The fourth-order valence-electron chi connectivity index (χ4n) is 2.18. The summed E-state index contributed by atoms with van der Waals surface area (Å²) in [5.74, 6) is 1.09. The molecule has 0 amide bonds. The summed E-state index contributed by atoms with van der Waals surface area (Å²) in [6, 6.07) is 6.47. The molecule has 1 aliphatic rings. The minimum atomic E-state index is -1.52. The van der Waals surface area contributed by atoms with Gasteiger partial charge in [0.2, 0.25) is 8.32 Å². The van der Waals surface area contributed by atoms with Crippen LogP contribution >= 0.6 is 0 Å². The first-order valence-electron chi connectivity index (χ1n) is 6.12. The SMILES string of the molecule is C=CCc1cccc2c1CC=C2O[Si](C)(C)C. The molecule has 0 spiro atoms. The Kier molecular flexibility index (Phi) is 3.25. The molecule has 0 fully saturated rings. The molecule has 0 radical (unpaired) electrons. The molecule has 0 aliphatic heterocycles. The highest BCUT2D eigenvalue weighted by molar-refractivity contribution is 6.70. The first kappa shape index (κ1) is 12.2. The van der Waals surface area contributed by atoms with Gasteiger partial charge in [-0.15, -0.1) is 6.58 Å². The van der Waals surface area contributed by atoms with Gasteiger partial charge in [0.1, 0.15) is 5.76 Å². The quantitative estimate of drug-likeness (QED) is 0.571. The lowest BCUT2D eigenvalue weighted by molar-refractivity contribution is 0.515. The molecule has 0 saturated heterocycles. The van der Waals surface area contributed by atoms with E-state index in [4.69, 9.17) is 4.43 Å². The summed E-state index contributed by atoms with van der Waals surface area (Å²) in [7, 11) is -1.52. The van der Waals surface area contributed by atoms with Gasteiger partial charge >= 0.3 is 0 Å². The van der Waals surface area contributed by atoms with Crippen molar-refractivity contribution in [2.24, 2.45) is 0 Å². The predicted octanol–water partition coefficient (Wildman–Crippen LogP) is 4.16. The molecule has 1 nitrogen and oxygen atoms in total. The molecule has 17 heavy (non-hydrogen) atoms. The van der Waals surface area contributed by atoms with Crippen LogP contribution in [0.5, 0.6) is 0 Å². The fraction of sp³-hybridized carbons (Fsp3) is 0.333. The Labute approximate surface area is 105 Å². The lowest BCUT2D eigenvalue weighted by Gasteiger charge is -2.21. The third kappa shape index (κ3) is 2.70. The van der Waals surface area contributed by atoms with E-state index in [9.17, 15) is 0 Å². The third-order valence-electron chi connectivity index (χ3n) is 2.81. The van der Waals surface area contributed by atoms with Crippen molar-refractivity contribution in [2.45, 2.75) is 32.5 Å². The van der Waals surface area contributed by atoms with Gasteiger partial charge in [0, 0.05) is 5.56 Å². The summed E-state index contributed by atoms with van der Waals surface area (Å²) in [5, 5.41) is 0. The summed E-state index contributed by atoms with van der Waals surface area (Å²) in [6.45, 7) is 10.5. The molecular formula is C15H20OSi. The summed E-state index contributed by atoms with van der Waals surface area (Å²) in [5.41, 5.74) is 4.08. The molecule has 2 rings (SSSR count). The monoisotopic (exact) mass is 244 g/mol. The van der Waals surface area contributed by atoms with E-state index in [-0.39, 0.29) is 0 Å². The Morgan fingerprint density at radius 3 is 2.76 bits per heavy atom. The minimum absolute atomic E-state index is 0.942. The molecule has 1 aromatic rings. The Hall–Kier alpha value is -1.28. The Bertz CT molecular complexity index is 466. The van der Waals surface area contributed by atoms with Crippen molar-refractivity contribution in [2.75, 3.05) is 0 Å². The lowest BCUT2D eigenvalue weighted by Crippen LogP contribution is -2.24. The van der Waals surface area contributed by atoms with Crippen molar-refractivity contribution in [1.29, 1.82) is 0 Å². The zero-order valence-electron chi connectivity index (χ0n) is 10.9. The van der Waals surface area contributed by atoms with Crippen molar-refractivity contribution in [3.63, 3.8) is 0 Å². The maximum atomic E-state index is 6.13. The first-order chi connectivity index (χ1) is 8.01. The minimum Gasteiger partial charge on any atom is -0.544 e. The van der Waals surface area contributed by atoms with Crippen molar-refractivity contribution >= 4 is 14.1 Å². The van der Waals surface area contributed by atoms with Crippen LogP contribution in [-0.4, -0.2) is 8.32 Å². The summed E-state index contributed by atoms with van der Waals surface area (Å²) in [6.07, 6.45) is 6.12. The molecule has 0 saturated carbocycles. The van der Waals surface area contributed by atoms with E-state index < -0.39 is 8.32 Å².